The van der Waals surface area contributed by atoms with Crippen molar-refractivity contribution >= 4 is 22.4 Å². The van der Waals surface area contributed by atoms with E-state index in [2.05, 4.69) is 0 Å². The second kappa shape index (κ2) is 7.38. The lowest BCUT2D eigenvalue weighted by atomic mass is 10.1. The van der Waals surface area contributed by atoms with Gasteiger partial charge in [0.1, 0.15) is 0 Å². The number of piperidine rings is 1. The molecule has 1 aliphatic rings. The molecule has 2 rings (SSSR count). The Balaban J connectivity index is 0.00000200. The van der Waals surface area contributed by atoms with Crippen LogP contribution in [0, 0.1) is 0 Å². The van der Waals surface area contributed by atoms with Crippen LogP contribution >= 0.6 is 12.4 Å². The van der Waals surface area contributed by atoms with Crippen LogP contribution in [-0.2, 0) is 21.4 Å². The largest absolute Gasteiger partial charge is 0.380 e. The number of methoxy groups -OCH3 is 1. The van der Waals surface area contributed by atoms with Crippen molar-refractivity contribution in [1.29, 1.82) is 0 Å². The zero-order valence-electron chi connectivity index (χ0n) is 11.5. The Morgan fingerprint density at radius 2 is 2.20 bits per heavy atom. The molecule has 0 radical (unpaired) electrons. The Kier molecular flexibility index (Phi) is 6.42. The molecule has 7 heteroatoms. The molecule has 1 heterocycles. The summed E-state index contributed by atoms with van der Waals surface area (Å²) >= 11 is 0. The van der Waals surface area contributed by atoms with Crippen molar-refractivity contribution in [2.24, 2.45) is 5.73 Å². The van der Waals surface area contributed by atoms with Gasteiger partial charge in [0.05, 0.1) is 11.5 Å². The molecule has 1 aromatic rings. The molecule has 114 valence electrons. The molecule has 1 atom stereocenters. The predicted octanol–water partition coefficient (Wildman–Crippen LogP) is 1.37. The number of benzene rings is 1. The fourth-order valence-corrected chi connectivity index (χ4v) is 3.91. The first-order valence-corrected chi connectivity index (χ1v) is 7.81. The Hall–Kier alpha value is -0.660. The van der Waals surface area contributed by atoms with E-state index in [0.29, 0.717) is 24.6 Å². The van der Waals surface area contributed by atoms with Gasteiger partial charge in [-0.3, -0.25) is 0 Å². The van der Waals surface area contributed by atoms with E-state index < -0.39 is 10.0 Å². The van der Waals surface area contributed by atoms with E-state index in [0.717, 1.165) is 18.4 Å². The van der Waals surface area contributed by atoms with Crippen LogP contribution in [0.4, 0.5) is 0 Å². The van der Waals surface area contributed by atoms with E-state index in [9.17, 15) is 8.42 Å². The van der Waals surface area contributed by atoms with E-state index >= 15 is 0 Å². The summed E-state index contributed by atoms with van der Waals surface area (Å²) in [5, 5.41) is 0. The van der Waals surface area contributed by atoms with Gasteiger partial charge < -0.3 is 10.5 Å². The third kappa shape index (κ3) is 3.93. The Morgan fingerprint density at radius 1 is 1.45 bits per heavy atom. The third-order valence-electron chi connectivity index (χ3n) is 3.27. The summed E-state index contributed by atoms with van der Waals surface area (Å²) < 4.78 is 31.5. The van der Waals surface area contributed by atoms with Crippen molar-refractivity contribution in [2.45, 2.75) is 30.4 Å². The standard InChI is InChI=1S/C13H20N2O3S.ClH/c1-18-10-11-4-2-6-13(8-11)19(16,17)15-7-3-5-12(14)9-15;/h2,4,6,8,12H,3,5,7,9-10,14H2,1H3;1H. The van der Waals surface area contributed by atoms with Gasteiger partial charge in [0.2, 0.25) is 10.0 Å². The van der Waals surface area contributed by atoms with E-state index in [1.807, 2.05) is 6.07 Å². The highest BCUT2D eigenvalue weighted by molar-refractivity contribution is 7.89. The molecule has 0 aliphatic carbocycles. The van der Waals surface area contributed by atoms with Crippen molar-refractivity contribution < 1.29 is 13.2 Å². The normalized spacial score (nSPS) is 20.4. The second-order valence-electron chi connectivity index (χ2n) is 4.85. The number of halogens is 1. The summed E-state index contributed by atoms with van der Waals surface area (Å²) in [6, 6.07) is 6.81. The van der Waals surface area contributed by atoms with Gasteiger partial charge in [0.25, 0.3) is 0 Å². The fraction of sp³-hybridized carbons (Fsp3) is 0.538. The fourth-order valence-electron chi connectivity index (χ4n) is 2.30. The first-order valence-electron chi connectivity index (χ1n) is 6.37. The average molecular weight is 321 g/mol. The van der Waals surface area contributed by atoms with Crippen LogP contribution in [0.5, 0.6) is 0 Å². The number of rotatable bonds is 4. The summed E-state index contributed by atoms with van der Waals surface area (Å²) in [6.07, 6.45) is 1.70. The van der Waals surface area contributed by atoms with Gasteiger partial charge in [-0.2, -0.15) is 4.31 Å². The summed E-state index contributed by atoms with van der Waals surface area (Å²) in [4.78, 5) is 0.316. The molecule has 1 aliphatic heterocycles. The smallest absolute Gasteiger partial charge is 0.243 e. The van der Waals surface area contributed by atoms with Crippen molar-refractivity contribution in [1.82, 2.24) is 4.31 Å². The highest BCUT2D eigenvalue weighted by Crippen LogP contribution is 2.21. The maximum absolute atomic E-state index is 12.5. The van der Waals surface area contributed by atoms with Gasteiger partial charge >= 0.3 is 0 Å². The van der Waals surface area contributed by atoms with Crippen molar-refractivity contribution in [3.8, 4) is 0 Å². The molecule has 20 heavy (non-hydrogen) atoms. The molecule has 0 aromatic heterocycles. The van der Waals surface area contributed by atoms with E-state index in [-0.39, 0.29) is 18.4 Å². The molecule has 5 nitrogen and oxygen atoms in total. The summed E-state index contributed by atoms with van der Waals surface area (Å²) in [5.74, 6) is 0. The van der Waals surface area contributed by atoms with Gasteiger partial charge in [-0.25, -0.2) is 8.42 Å². The lowest BCUT2D eigenvalue weighted by Crippen LogP contribution is -2.45. The lowest BCUT2D eigenvalue weighted by Gasteiger charge is -2.29. The lowest BCUT2D eigenvalue weighted by molar-refractivity contribution is 0.184. The first-order chi connectivity index (χ1) is 9.04. The minimum atomic E-state index is -3.44. The number of nitrogens with zero attached hydrogens (tertiary/aromatic N) is 1. The molecule has 1 fully saturated rings. The molecular formula is C13H21ClN2O3S. The number of sulfonamides is 1. The molecule has 0 bridgehead atoms. The monoisotopic (exact) mass is 320 g/mol. The highest BCUT2D eigenvalue weighted by Gasteiger charge is 2.28. The van der Waals surface area contributed by atoms with Crippen LogP contribution in [0.2, 0.25) is 0 Å². The SMILES string of the molecule is COCc1cccc(S(=O)(=O)N2CCCC(N)C2)c1.Cl. The number of nitrogens with two attached hydrogens (primary N) is 1. The highest BCUT2D eigenvalue weighted by atomic mass is 35.5. The molecule has 0 amide bonds. The molecule has 0 spiro atoms. The average Bonchev–Trinajstić information content (AvgIpc) is 2.39. The Labute approximate surface area is 126 Å². The van der Waals surface area contributed by atoms with Crippen LogP contribution in [0.1, 0.15) is 18.4 Å². The predicted molar refractivity (Wildman–Crippen MR) is 80.4 cm³/mol. The third-order valence-corrected chi connectivity index (χ3v) is 5.13. The van der Waals surface area contributed by atoms with Crippen LogP contribution in [0.3, 0.4) is 0 Å². The van der Waals surface area contributed by atoms with Crippen LogP contribution in [0.25, 0.3) is 0 Å². The van der Waals surface area contributed by atoms with Gasteiger partial charge in [-0.1, -0.05) is 12.1 Å². The molecular weight excluding hydrogens is 300 g/mol. The molecule has 1 aromatic carbocycles. The van der Waals surface area contributed by atoms with E-state index in [1.54, 1.807) is 25.3 Å². The Morgan fingerprint density at radius 3 is 2.85 bits per heavy atom. The zero-order chi connectivity index (χ0) is 13.9. The van der Waals surface area contributed by atoms with E-state index in [1.165, 1.54) is 4.31 Å². The maximum Gasteiger partial charge on any atom is 0.243 e. The molecule has 2 N–H and O–H groups in total. The quantitative estimate of drug-likeness (QED) is 0.909. The van der Waals surface area contributed by atoms with E-state index in [4.69, 9.17) is 10.5 Å². The van der Waals surface area contributed by atoms with Gasteiger partial charge in [-0.15, -0.1) is 12.4 Å². The minimum Gasteiger partial charge on any atom is -0.380 e. The zero-order valence-corrected chi connectivity index (χ0v) is 13.1. The van der Waals surface area contributed by atoms with Gasteiger partial charge in [0.15, 0.2) is 0 Å². The molecule has 1 unspecified atom stereocenters. The minimum absolute atomic E-state index is 0. The van der Waals surface area contributed by atoms with Crippen LogP contribution in [0.15, 0.2) is 29.2 Å². The summed E-state index contributed by atoms with van der Waals surface area (Å²) in [7, 11) is -1.85. The topological polar surface area (TPSA) is 72.6 Å². The first kappa shape index (κ1) is 17.4. The van der Waals surface area contributed by atoms with Gasteiger partial charge in [-0.05, 0) is 30.5 Å². The van der Waals surface area contributed by atoms with Crippen molar-refractivity contribution in [2.75, 3.05) is 20.2 Å². The number of hydrogen-bond donors (Lipinski definition) is 1. The second-order valence-corrected chi connectivity index (χ2v) is 6.78. The molecule has 1 saturated heterocycles. The van der Waals surface area contributed by atoms with Crippen LogP contribution in [-0.4, -0.2) is 39.0 Å². The maximum atomic E-state index is 12.5. The van der Waals surface area contributed by atoms with Crippen LogP contribution < -0.4 is 5.73 Å². The summed E-state index contributed by atoms with van der Waals surface area (Å²) in [5.41, 5.74) is 6.70. The Bertz CT molecular complexity index is 536. The van der Waals surface area contributed by atoms with Gasteiger partial charge in [0, 0.05) is 26.2 Å². The number of ether oxygens (including phenoxy) is 1. The summed E-state index contributed by atoms with van der Waals surface area (Å²) in [6.45, 7) is 1.35. The number of hydrogen-bond acceptors (Lipinski definition) is 4. The van der Waals surface area contributed by atoms with Crippen molar-refractivity contribution in [3.05, 3.63) is 29.8 Å². The van der Waals surface area contributed by atoms with Crippen molar-refractivity contribution in [3.63, 3.8) is 0 Å². The molecule has 0 saturated carbocycles.